The van der Waals surface area contributed by atoms with Gasteiger partial charge in [-0.05, 0) is 68.8 Å². The number of aromatic nitrogens is 1. The van der Waals surface area contributed by atoms with Crippen LogP contribution in [0, 0.1) is 25.3 Å². The van der Waals surface area contributed by atoms with Crippen LogP contribution in [-0.4, -0.2) is 16.7 Å². The zero-order valence-electron chi connectivity index (χ0n) is 21.1. The van der Waals surface area contributed by atoms with Gasteiger partial charge >= 0.3 is 6.18 Å². The Morgan fingerprint density at radius 1 is 1.19 bits per heavy atom. The highest BCUT2D eigenvalue weighted by atomic mass is 32.2. The number of benzene rings is 2. The van der Waals surface area contributed by atoms with Crippen LogP contribution in [0.2, 0.25) is 0 Å². The minimum atomic E-state index is -4.56. The molecule has 0 spiro atoms. The van der Waals surface area contributed by atoms with Crippen molar-refractivity contribution < 1.29 is 18.0 Å². The minimum absolute atomic E-state index is 0.0591. The highest BCUT2D eigenvalue weighted by molar-refractivity contribution is 7.86. The third kappa shape index (κ3) is 6.17. The van der Waals surface area contributed by atoms with Gasteiger partial charge in [-0.2, -0.15) is 18.4 Å². The maximum Gasteiger partial charge on any atom is 0.416 e. The summed E-state index contributed by atoms with van der Waals surface area (Å²) in [7, 11) is -0.575. The zero-order valence-corrected chi connectivity index (χ0v) is 21.9. The molecule has 1 amide bonds. The van der Waals surface area contributed by atoms with Crippen molar-refractivity contribution >= 4 is 16.6 Å². The molecule has 3 rings (SSSR count). The quantitative estimate of drug-likeness (QED) is 0.402. The molecule has 0 fully saturated rings. The van der Waals surface area contributed by atoms with E-state index in [4.69, 9.17) is 5.26 Å². The van der Waals surface area contributed by atoms with Crippen molar-refractivity contribution in [2.45, 2.75) is 51.4 Å². The Balaban J connectivity index is 1.99. The van der Waals surface area contributed by atoms with Crippen molar-refractivity contribution in [1.82, 2.24) is 9.88 Å². The van der Waals surface area contributed by atoms with E-state index in [2.05, 4.69) is 9.68 Å². The topological polar surface area (TPSA) is 87.2 Å². The number of amides is 1. The third-order valence-electron chi connectivity index (χ3n) is 5.96. The first-order valence-electron chi connectivity index (χ1n) is 11.4. The molecule has 6 nitrogen and oxygen atoms in total. The lowest BCUT2D eigenvalue weighted by molar-refractivity contribution is -0.137. The summed E-state index contributed by atoms with van der Waals surface area (Å²) in [5, 5.41) is 11.5. The molecule has 0 saturated heterocycles. The van der Waals surface area contributed by atoms with Gasteiger partial charge in [0.1, 0.15) is 5.56 Å². The number of aryl methyl sites for hydroxylation is 1. The van der Waals surface area contributed by atoms with Crippen molar-refractivity contribution in [3.8, 4) is 17.3 Å². The Morgan fingerprint density at radius 3 is 2.49 bits per heavy atom. The van der Waals surface area contributed by atoms with Gasteiger partial charge in [0.05, 0.1) is 5.56 Å². The van der Waals surface area contributed by atoms with Crippen molar-refractivity contribution in [1.29, 1.82) is 5.26 Å². The largest absolute Gasteiger partial charge is 0.416 e. The van der Waals surface area contributed by atoms with E-state index in [1.807, 2.05) is 51.4 Å². The molecule has 0 radical (unpaired) electrons. The zero-order chi connectivity index (χ0) is 27.5. The fraction of sp³-hybridized carbons (Fsp3) is 0.296. The minimum Gasteiger partial charge on any atom is -0.348 e. The van der Waals surface area contributed by atoms with E-state index in [1.54, 1.807) is 11.5 Å². The van der Waals surface area contributed by atoms with Crippen LogP contribution in [0.1, 0.15) is 52.6 Å². The molecule has 1 unspecified atom stereocenters. The van der Waals surface area contributed by atoms with Crippen molar-refractivity contribution in [3.05, 3.63) is 86.8 Å². The predicted molar refractivity (Wildman–Crippen MR) is 138 cm³/mol. The Kier molecular flexibility index (Phi) is 8.39. The number of halogens is 3. The number of carbonyl (C=O) groups excluding carboxylic acids is 1. The Hall–Kier alpha value is -3.71. The van der Waals surface area contributed by atoms with E-state index in [0.717, 1.165) is 28.2 Å². The number of carbonyl (C=O) groups is 1. The first-order valence-corrected chi connectivity index (χ1v) is 13.0. The molecule has 194 valence electrons. The Labute approximate surface area is 215 Å². The maximum absolute atomic E-state index is 13.4. The molecule has 0 saturated carbocycles. The van der Waals surface area contributed by atoms with Gasteiger partial charge in [0, 0.05) is 34.9 Å². The van der Waals surface area contributed by atoms with Crippen LogP contribution in [0.4, 0.5) is 13.2 Å². The monoisotopic (exact) mass is 528 g/mol. The van der Waals surface area contributed by atoms with Gasteiger partial charge in [-0.1, -0.05) is 35.0 Å². The molecule has 3 aromatic rings. The van der Waals surface area contributed by atoms with Crippen molar-refractivity contribution in [2.75, 3.05) is 6.26 Å². The number of nitrogens with zero attached hydrogens (tertiary/aromatic N) is 3. The lowest BCUT2D eigenvalue weighted by Gasteiger charge is -2.20. The van der Waals surface area contributed by atoms with Crippen LogP contribution in [0.15, 0.2) is 62.7 Å². The van der Waals surface area contributed by atoms with E-state index in [0.29, 0.717) is 5.69 Å². The fourth-order valence-corrected chi connectivity index (χ4v) is 5.16. The molecule has 1 N–H and O–H groups in total. The second-order valence-electron chi connectivity index (χ2n) is 8.86. The first-order chi connectivity index (χ1) is 17.3. The predicted octanol–water partition coefficient (Wildman–Crippen LogP) is 5.93. The summed E-state index contributed by atoms with van der Waals surface area (Å²) in [6.07, 6.45) is 0.536. The molecule has 37 heavy (non-hydrogen) atoms. The van der Waals surface area contributed by atoms with Gasteiger partial charge < -0.3 is 9.88 Å². The molecule has 1 atom stereocenters. The average Bonchev–Trinajstić information content (AvgIpc) is 2.82. The first kappa shape index (κ1) is 27.9. The summed E-state index contributed by atoms with van der Waals surface area (Å²) in [4.78, 5) is 27.5. The number of nitrogens with one attached hydrogen (secondary N) is 1. The summed E-state index contributed by atoms with van der Waals surface area (Å²) in [6, 6.07) is 9.96. The van der Waals surface area contributed by atoms with Crippen molar-refractivity contribution in [3.63, 3.8) is 0 Å². The normalized spacial score (nSPS) is 12.4. The van der Waals surface area contributed by atoms with E-state index < -0.39 is 33.8 Å². The number of hydrogen-bond donors (Lipinski definition) is 1. The average molecular weight is 529 g/mol. The second-order valence-corrected chi connectivity index (χ2v) is 10.4. The number of rotatable bonds is 6. The molecule has 0 aliphatic rings. The van der Waals surface area contributed by atoms with Crippen LogP contribution < -0.4 is 10.7 Å². The molecule has 1 heterocycles. The van der Waals surface area contributed by atoms with Crippen LogP contribution in [-0.2, 0) is 23.4 Å². The van der Waals surface area contributed by atoms with E-state index >= 15 is 0 Å². The Morgan fingerprint density at radius 2 is 1.89 bits per heavy atom. The van der Waals surface area contributed by atoms with E-state index in [1.165, 1.54) is 18.3 Å². The van der Waals surface area contributed by atoms with Gasteiger partial charge in [-0.25, -0.2) is 0 Å². The van der Waals surface area contributed by atoms with E-state index in [-0.39, 0.29) is 29.3 Å². The fourth-order valence-electron chi connectivity index (χ4n) is 4.15. The van der Waals surface area contributed by atoms with Gasteiger partial charge in [0.15, 0.2) is 0 Å². The molecule has 0 aliphatic carbocycles. The number of nitriles is 1. The molecule has 2 aromatic carbocycles. The molecule has 1 aromatic heterocycles. The van der Waals surface area contributed by atoms with Gasteiger partial charge in [-0.3, -0.25) is 9.59 Å². The summed E-state index contributed by atoms with van der Waals surface area (Å²) < 4.78 is 45.6. The summed E-state index contributed by atoms with van der Waals surface area (Å²) in [5.41, 5.74) is 0.688. The van der Waals surface area contributed by atoms with Crippen LogP contribution in [0.5, 0.6) is 0 Å². The highest BCUT2D eigenvalue weighted by Crippen LogP contribution is 2.32. The van der Waals surface area contributed by atoms with Gasteiger partial charge in [0.25, 0.3) is 5.91 Å². The maximum atomic E-state index is 13.4. The standard InChI is InChI=1S/C27H27F3N4O2S/c1-16(2)34-14-22(25(35)24(18(34)4)20-7-6-8-21(12-20)27(28,29)30)26(36)32-13-19-9-10-23(17(3)11-19)37(5)33-15-31/h6-12,14,16H,13H2,1-5H3,(H,32,36). The number of pyridine rings is 1. The Bertz CT molecular complexity index is 1480. The summed E-state index contributed by atoms with van der Waals surface area (Å²) in [6.45, 7) is 7.41. The molecule has 10 heteroatoms. The molecule has 0 aliphatic heterocycles. The lowest BCUT2D eigenvalue weighted by atomic mass is 9.98. The van der Waals surface area contributed by atoms with Crippen LogP contribution in [0.25, 0.3) is 11.1 Å². The molecule has 0 bridgehead atoms. The summed E-state index contributed by atoms with van der Waals surface area (Å²) >= 11 is 0. The SMILES string of the molecule is Cc1cc(CNC(=O)c2cn(C(C)C)c(C)c(-c3cccc(C(F)(F)F)c3)c2=O)ccc1/S(C)=N/C#N. The molecular weight excluding hydrogens is 501 g/mol. The highest BCUT2D eigenvalue weighted by Gasteiger charge is 2.31. The van der Waals surface area contributed by atoms with Crippen LogP contribution >= 0.6 is 0 Å². The smallest absolute Gasteiger partial charge is 0.348 e. The number of hydrogen-bond acceptors (Lipinski definition) is 4. The van der Waals surface area contributed by atoms with Crippen LogP contribution in [0.3, 0.4) is 0 Å². The lowest BCUT2D eigenvalue weighted by Crippen LogP contribution is -2.31. The van der Waals surface area contributed by atoms with Crippen molar-refractivity contribution in [2.24, 2.45) is 4.36 Å². The second kappa shape index (κ2) is 11.1. The third-order valence-corrected chi connectivity index (χ3v) is 7.41. The van der Waals surface area contributed by atoms with E-state index in [9.17, 15) is 22.8 Å². The van der Waals surface area contributed by atoms with Gasteiger partial charge in [-0.15, -0.1) is 4.36 Å². The number of alkyl halides is 3. The molecular formula is C27H27F3N4O2S. The van der Waals surface area contributed by atoms with Gasteiger partial charge in [0.2, 0.25) is 11.6 Å². The summed E-state index contributed by atoms with van der Waals surface area (Å²) in [5.74, 6) is -0.621.